The van der Waals surface area contributed by atoms with E-state index >= 15 is 0 Å². The summed E-state index contributed by atoms with van der Waals surface area (Å²) in [6.45, 7) is 7.18. The third-order valence-electron chi connectivity index (χ3n) is 8.51. The molecule has 23 heavy (non-hydrogen) atoms. The molecule has 3 saturated carbocycles. The topological polar surface area (TPSA) is 17.1 Å². The molecule has 0 aromatic heterocycles. The number of carbonyl (C=O) groups is 1. The van der Waals surface area contributed by atoms with Crippen LogP contribution in [0, 0.1) is 28.6 Å². The van der Waals surface area contributed by atoms with Crippen molar-refractivity contribution in [1.29, 1.82) is 0 Å². The third-order valence-corrected chi connectivity index (χ3v) is 8.51. The van der Waals surface area contributed by atoms with E-state index in [1.165, 1.54) is 50.5 Å². The van der Waals surface area contributed by atoms with Crippen LogP contribution in [-0.4, -0.2) is 5.78 Å². The van der Waals surface area contributed by atoms with E-state index in [2.05, 4.69) is 26.8 Å². The predicted molar refractivity (Wildman–Crippen MR) is 95.1 cm³/mol. The number of allylic oxidation sites excluding steroid dienone is 3. The Labute approximate surface area is 141 Å². The van der Waals surface area contributed by atoms with E-state index in [4.69, 9.17) is 0 Å². The number of hydrogen-bond acceptors (Lipinski definition) is 1. The third kappa shape index (κ3) is 2.01. The van der Waals surface area contributed by atoms with Crippen molar-refractivity contribution in [3.05, 3.63) is 23.3 Å². The Kier molecular flexibility index (Phi) is 3.63. The summed E-state index contributed by atoms with van der Waals surface area (Å²) in [4.78, 5) is 11.9. The minimum Gasteiger partial charge on any atom is -0.295 e. The average molecular weight is 312 g/mol. The lowest BCUT2D eigenvalue weighted by Crippen LogP contribution is -2.50. The zero-order chi connectivity index (χ0) is 16.2. The maximum atomic E-state index is 11.9. The molecule has 0 bridgehead atoms. The van der Waals surface area contributed by atoms with Crippen LogP contribution < -0.4 is 0 Å². The van der Waals surface area contributed by atoms with Crippen molar-refractivity contribution < 1.29 is 4.79 Å². The summed E-state index contributed by atoms with van der Waals surface area (Å²) < 4.78 is 0. The molecule has 0 heterocycles. The van der Waals surface area contributed by atoms with E-state index in [-0.39, 0.29) is 0 Å². The van der Waals surface area contributed by atoms with Crippen LogP contribution in [0.15, 0.2) is 23.3 Å². The van der Waals surface area contributed by atoms with Crippen LogP contribution in [0.2, 0.25) is 0 Å². The van der Waals surface area contributed by atoms with Crippen molar-refractivity contribution in [3.8, 4) is 0 Å². The van der Waals surface area contributed by atoms with E-state index in [1.54, 1.807) is 5.57 Å². The molecule has 0 unspecified atom stereocenters. The molecule has 0 aliphatic heterocycles. The highest BCUT2D eigenvalue weighted by Crippen LogP contribution is 2.67. The molecule has 1 nitrogen and oxygen atoms in total. The number of fused-ring (bicyclic) bond motifs is 5. The van der Waals surface area contributed by atoms with E-state index in [0.717, 1.165) is 30.6 Å². The van der Waals surface area contributed by atoms with Gasteiger partial charge in [0.25, 0.3) is 0 Å². The lowest BCUT2D eigenvalue weighted by atomic mass is 9.46. The molecule has 0 aromatic carbocycles. The molecule has 0 aromatic rings. The van der Waals surface area contributed by atoms with Crippen LogP contribution in [-0.2, 0) is 4.79 Å². The Balaban J connectivity index is 1.70. The Morgan fingerprint density at radius 2 is 1.96 bits per heavy atom. The number of rotatable bonds is 1. The van der Waals surface area contributed by atoms with Gasteiger partial charge < -0.3 is 0 Å². The molecule has 0 saturated heterocycles. The fourth-order valence-corrected chi connectivity index (χ4v) is 7.32. The first-order valence-corrected chi connectivity index (χ1v) is 9.94. The predicted octanol–water partition coefficient (Wildman–Crippen LogP) is 5.85. The van der Waals surface area contributed by atoms with Gasteiger partial charge in [-0.25, -0.2) is 0 Å². The highest BCUT2D eigenvalue weighted by molar-refractivity contribution is 5.91. The molecule has 5 atom stereocenters. The van der Waals surface area contributed by atoms with Gasteiger partial charge in [-0.2, -0.15) is 0 Å². The molecule has 4 aliphatic rings. The van der Waals surface area contributed by atoms with Crippen molar-refractivity contribution in [2.75, 3.05) is 0 Å². The van der Waals surface area contributed by atoms with Crippen LogP contribution in [0.4, 0.5) is 0 Å². The van der Waals surface area contributed by atoms with Gasteiger partial charge in [-0.3, -0.25) is 4.79 Å². The van der Waals surface area contributed by atoms with E-state index < -0.39 is 0 Å². The van der Waals surface area contributed by atoms with Gasteiger partial charge in [0.05, 0.1) is 0 Å². The van der Waals surface area contributed by atoms with Gasteiger partial charge in [-0.15, -0.1) is 0 Å². The SMILES string of the molecule is C/C=C1\CC[C@H]2[C@@H]3CCC4=CC(=O)CC[C@@]4(C)[C@@H]3CC[C@]12CC. The summed E-state index contributed by atoms with van der Waals surface area (Å²) in [5.74, 6) is 3.02. The second-order valence-electron chi connectivity index (χ2n) is 8.87. The summed E-state index contributed by atoms with van der Waals surface area (Å²) in [7, 11) is 0. The van der Waals surface area contributed by atoms with Crippen LogP contribution in [0.3, 0.4) is 0 Å². The molecular weight excluding hydrogens is 280 g/mol. The monoisotopic (exact) mass is 312 g/mol. The zero-order valence-corrected chi connectivity index (χ0v) is 15.2. The van der Waals surface area contributed by atoms with Gasteiger partial charge >= 0.3 is 0 Å². The molecule has 126 valence electrons. The first-order valence-electron chi connectivity index (χ1n) is 9.94. The molecular formula is C22H32O. The van der Waals surface area contributed by atoms with Gasteiger partial charge in [0.15, 0.2) is 5.78 Å². The van der Waals surface area contributed by atoms with Crippen molar-refractivity contribution in [2.45, 2.75) is 78.6 Å². The number of ketones is 1. The molecule has 1 heteroatoms. The Morgan fingerprint density at radius 3 is 2.70 bits per heavy atom. The normalized spacial score (nSPS) is 47.8. The fourth-order valence-electron chi connectivity index (χ4n) is 7.32. The van der Waals surface area contributed by atoms with Crippen LogP contribution >= 0.6 is 0 Å². The lowest BCUT2D eigenvalue weighted by Gasteiger charge is -2.58. The van der Waals surface area contributed by atoms with E-state index in [1.807, 2.05) is 6.08 Å². The maximum Gasteiger partial charge on any atom is 0.155 e. The standard InChI is InChI=1S/C22H32O/c1-4-15-7-9-20-18-8-6-16-14-17(23)10-12-21(16,3)19(18)11-13-22(15,20)5-2/h4,14,18-20H,5-13H2,1-3H3/b15-4+/t18-,19-,20+,21-,22-/m1/s1. The van der Waals surface area contributed by atoms with Crippen LogP contribution in [0.5, 0.6) is 0 Å². The second kappa shape index (κ2) is 5.33. The van der Waals surface area contributed by atoms with Crippen LogP contribution in [0.25, 0.3) is 0 Å². The molecule has 0 radical (unpaired) electrons. The summed E-state index contributed by atoms with van der Waals surface area (Å²) in [6.07, 6.45) is 15.8. The number of hydrogen-bond donors (Lipinski definition) is 0. The van der Waals surface area contributed by atoms with Gasteiger partial charge in [0.2, 0.25) is 0 Å². The van der Waals surface area contributed by atoms with Gasteiger partial charge in [0.1, 0.15) is 0 Å². The minimum absolute atomic E-state index is 0.329. The van der Waals surface area contributed by atoms with Crippen molar-refractivity contribution >= 4 is 5.78 Å². The van der Waals surface area contributed by atoms with Crippen LogP contribution in [0.1, 0.15) is 78.6 Å². The van der Waals surface area contributed by atoms with Crippen molar-refractivity contribution in [1.82, 2.24) is 0 Å². The molecule has 0 amide bonds. The number of carbonyl (C=O) groups excluding carboxylic acids is 1. The highest BCUT2D eigenvalue weighted by atomic mass is 16.1. The van der Waals surface area contributed by atoms with Gasteiger partial charge in [-0.1, -0.05) is 31.1 Å². The zero-order valence-electron chi connectivity index (χ0n) is 15.2. The summed E-state index contributed by atoms with van der Waals surface area (Å²) >= 11 is 0. The largest absolute Gasteiger partial charge is 0.295 e. The highest BCUT2D eigenvalue weighted by Gasteiger charge is 2.58. The second-order valence-corrected chi connectivity index (χ2v) is 8.87. The fraction of sp³-hybridized carbons (Fsp3) is 0.773. The molecule has 4 aliphatic carbocycles. The Bertz CT molecular complexity index is 583. The van der Waals surface area contributed by atoms with Crippen molar-refractivity contribution in [3.63, 3.8) is 0 Å². The van der Waals surface area contributed by atoms with Gasteiger partial charge in [-0.05, 0) is 93.0 Å². The molecule has 4 rings (SSSR count). The summed E-state index contributed by atoms with van der Waals surface area (Å²) in [6, 6.07) is 0. The summed E-state index contributed by atoms with van der Waals surface area (Å²) in [5.41, 5.74) is 4.13. The molecule has 0 N–H and O–H groups in total. The molecule has 3 fully saturated rings. The summed E-state index contributed by atoms with van der Waals surface area (Å²) in [5, 5.41) is 0. The van der Waals surface area contributed by atoms with E-state index in [9.17, 15) is 4.79 Å². The quantitative estimate of drug-likeness (QED) is 0.555. The first-order chi connectivity index (χ1) is 11.0. The van der Waals surface area contributed by atoms with E-state index in [0.29, 0.717) is 16.6 Å². The maximum absolute atomic E-state index is 11.9. The average Bonchev–Trinajstić information content (AvgIpc) is 2.94. The Morgan fingerprint density at radius 1 is 1.13 bits per heavy atom. The van der Waals surface area contributed by atoms with Gasteiger partial charge in [0, 0.05) is 6.42 Å². The Hall–Kier alpha value is -0.850. The first kappa shape index (κ1) is 15.7. The minimum atomic E-state index is 0.329. The molecule has 0 spiro atoms. The smallest absolute Gasteiger partial charge is 0.155 e. The van der Waals surface area contributed by atoms with Crippen molar-refractivity contribution in [2.24, 2.45) is 28.6 Å². The lowest BCUT2D eigenvalue weighted by molar-refractivity contribution is -0.117.